The Bertz CT molecular complexity index is 309. The Hall–Kier alpha value is -0.830. The lowest BCUT2D eigenvalue weighted by molar-refractivity contribution is 0.469. The molecular formula is C9H8BrFO. The van der Waals surface area contributed by atoms with E-state index in [2.05, 4.69) is 22.5 Å². The van der Waals surface area contributed by atoms with Gasteiger partial charge in [-0.05, 0) is 17.7 Å². The van der Waals surface area contributed by atoms with Crippen LogP contribution >= 0.6 is 15.9 Å². The summed E-state index contributed by atoms with van der Waals surface area (Å²) >= 11 is 3.18. The SMILES string of the molecule is C=C(CBr)c1ccc(O)cc1F. The van der Waals surface area contributed by atoms with Crippen LogP contribution in [-0.2, 0) is 0 Å². The summed E-state index contributed by atoms with van der Waals surface area (Å²) in [5.74, 6) is -0.516. The molecule has 1 N–H and O–H groups in total. The molecule has 0 fully saturated rings. The van der Waals surface area contributed by atoms with E-state index in [0.717, 1.165) is 6.07 Å². The number of allylic oxidation sites excluding steroid dienone is 1. The van der Waals surface area contributed by atoms with Crippen molar-refractivity contribution in [2.45, 2.75) is 0 Å². The smallest absolute Gasteiger partial charge is 0.134 e. The standard InChI is InChI=1S/C9H8BrFO/c1-6(5-10)8-3-2-7(12)4-9(8)11/h2-4,12H,1,5H2. The highest BCUT2D eigenvalue weighted by molar-refractivity contribution is 9.09. The molecule has 0 heterocycles. The van der Waals surface area contributed by atoms with Crippen LogP contribution in [0.15, 0.2) is 24.8 Å². The summed E-state index contributed by atoms with van der Waals surface area (Å²) in [6.07, 6.45) is 0. The lowest BCUT2D eigenvalue weighted by Crippen LogP contribution is -1.88. The average molecular weight is 231 g/mol. The van der Waals surface area contributed by atoms with Crippen LogP contribution in [0.3, 0.4) is 0 Å². The fourth-order valence-electron chi connectivity index (χ4n) is 0.863. The van der Waals surface area contributed by atoms with Gasteiger partial charge in [-0.2, -0.15) is 0 Å². The van der Waals surface area contributed by atoms with E-state index < -0.39 is 5.82 Å². The van der Waals surface area contributed by atoms with Crippen LogP contribution in [0.1, 0.15) is 5.56 Å². The van der Waals surface area contributed by atoms with E-state index in [1.165, 1.54) is 12.1 Å². The molecule has 3 heteroatoms. The van der Waals surface area contributed by atoms with Crippen molar-refractivity contribution in [1.29, 1.82) is 0 Å². The maximum absolute atomic E-state index is 13.0. The minimum absolute atomic E-state index is 0.0707. The highest BCUT2D eigenvalue weighted by atomic mass is 79.9. The first-order chi connectivity index (χ1) is 5.65. The fourth-order valence-corrected chi connectivity index (χ4v) is 1.16. The molecule has 12 heavy (non-hydrogen) atoms. The first-order valence-electron chi connectivity index (χ1n) is 3.37. The van der Waals surface area contributed by atoms with Crippen LogP contribution in [0.25, 0.3) is 5.57 Å². The second kappa shape index (κ2) is 3.72. The topological polar surface area (TPSA) is 20.2 Å². The van der Waals surface area contributed by atoms with Gasteiger partial charge in [0.1, 0.15) is 11.6 Å². The molecule has 0 radical (unpaired) electrons. The molecule has 1 rings (SSSR count). The molecule has 0 spiro atoms. The third-order valence-corrected chi connectivity index (χ3v) is 2.17. The Kier molecular flexibility index (Phi) is 2.87. The van der Waals surface area contributed by atoms with E-state index in [9.17, 15) is 4.39 Å². The van der Waals surface area contributed by atoms with Crippen molar-refractivity contribution in [3.8, 4) is 5.75 Å². The molecule has 1 aromatic rings. The van der Waals surface area contributed by atoms with Gasteiger partial charge in [0.2, 0.25) is 0 Å². The number of aromatic hydroxyl groups is 1. The van der Waals surface area contributed by atoms with Crippen molar-refractivity contribution in [3.05, 3.63) is 36.2 Å². The van der Waals surface area contributed by atoms with E-state index in [1.807, 2.05) is 0 Å². The van der Waals surface area contributed by atoms with Gasteiger partial charge in [0.05, 0.1) is 0 Å². The average Bonchev–Trinajstić information content (AvgIpc) is 2.03. The maximum atomic E-state index is 13.0. The monoisotopic (exact) mass is 230 g/mol. The van der Waals surface area contributed by atoms with Gasteiger partial charge < -0.3 is 5.11 Å². The van der Waals surface area contributed by atoms with Gasteiger partial charge in [0, 0.05) is 17.0 Å². The number of rotatable bonds is 2. The number of halogens is 2. The summed E-state index contributed by atoms with van der Waals surface area (Å²) in [6.45, 7) is 3.67. The molecule has 0 aliphatic rings. The zero-order valence-corrected chi connectivity index (χ0v) is 7.94. The molecule has 1 aromatic carbocycles. The minimum Gasteiger partial charge on any atom is -0.508 e. The molecule has 64 valence electrons. The van der Waals surface area contributed by atoms with Crippen LogP contribution in [0, 0.1) is 5.82 Å². The predicted molar refractivity (Wildman–Crippen MR) is 50.9 cm³/mol. The van der Waals surface area contributed by atoms with Crippen LogP contribution in [-0.4, -0.2) is 10.4 Å². The fraction of sp³-hybridized carbons (Fsp3) is 0.111. The van der Waals surface area contributed by atoms with Crippen molar-refractivity contribution < 1.29 is 9.50 Å². The predicted octanol–water partition coefficient (Wildman–Crippen LogP) is 2.94. The summed E-state index contributed by atoms with van der Waals surface area (Å²) in [5, 5.41) is 9.43. The zero-order valence-electron chi connectivity index (χ0n) is 6.35. The Morgan fingerprint density at radius 3 is 2.75 bits per heavy atom. The van der Waals surface area contributed by atoms with Gasteiger partial charge in [0.25, 0.3) is 0 Å². The molecule has 0 saturated carbocycles. The second-order valence-electron chi connectivity index (χ2n) is 2.40. The van der Waals surface area contributed by atoms with E-state index in [4.69, 9.17) is 5.11 Å². The number of benzene rings is 1. The number of alkyl halides is 1. The quantitative estimate of drug-likeness (QED) is 0.776. The lowest BCUT2D eigenvalue weighted by atomic mass is 10.1. The summed E-state index contributed by atoms with van der Waals surface area (Å²) in [6, 6.07) is 4.02. The molecule has 0 aromatic heterocycles. The van der Waals surface area contributed by atoms with Crippen LogP contribution in [0.4, 0.5) is 4.39 Å². The molecule has 0 atom stereocenters. The highest BCUT2D eigenvalue weighted by Gasteiger charge is 2.04. The molecule has 0 unspecified atom stereocenters. The molecule has 0 aliphatic carbocycles. The Labute approximate surface area is 78.7 Å². The van der Waals surface area contributed by atoms with E-state index >= 15 is 0 Å². The summed E-state index contributed by atoms with van der Waals surface area (Å²) < 4.78 is 13.0. The summed E-state index contributed by atoms with van der Waals surface area (Å²) in [4.78, 5) is 0. The normalized spacial score (nSPS) is 9.83. The van der Waals surface area contributed by atoms with E-state index in [-0.39, 0.29) is 5.75 Å². The van der Waals surface area contributed by atoms with Gasteiger partial charge in [-0.3, -0.25) is 0 Å². The summed E-state index contributed by atoms with van der Waals surface area (Å²) in [7, 11) is 0. The van der Waals surface area contributed by atoms with Crippen LogP contribution < -0.4 is 0 Å². The Morgan fingerprint density at radius 1 is 1.58 bits per heavy atom. The minimum atomic E-state index is -0.445. The molecule has 0 saturated heterocycles. The van der Waals surface area contributed by atoms with Crippen LogP contribution in [0.5, 0.6) is 5.75 Å². The highest BCUT2D eigenvalue weighted by Crippen LogP contribution is 2.21. The second-order valence-corrected chi connectivity index (χ2v) is 2.96. The number of phenolic OH excluding ortho intramolecular Hbond substituents is 1. The van der Waals surface area contributed by atoms with Gasteiger partial charge in [-0.25, -0.2) is 4.39 Å². The number of phenols is 1. The Balaban J connectivity index is 3.09. The third-order valence-electron chi connectivity index (χ3n) is 1.49. The van der Waals surface area contributed by atoms with Gasteiger partial charge >= 0.3 is 0 Å². The largest absolute Gasteiger partial charge is 0.508 e. The maximum Gasteiger partial charge on any atom is 0.134 e. The molecule has 0 bridgehead atoms. The van der Waals surface area contributed by atoms with Crippen molar-refractivity contribution in [1.82, 2.24) is 0 Å². The van der Waals surface area contributed by atoms with Crippen molar-refractivity contribution in [2.75, 3.05) is 5.33 Å². The van der Waals surface area contributed by atoms with E-state index in [1.54, 1.807) is 0 Å². The van der Waals surface area contributed by atoms with Crippen LogP contribution in [0.2, 0.25) is 0 Å². The molecule has 0 aliphatic heterocycles. The lowest BCUT2D eigenvalue weighted by Gasteiger charge is -2.03. The number of hydrogen-bond donors (Lipinski definition) is 1. The molecule has 0 amide bonds. The third kappa shape index (κ3) is 1.85. The van der Waals surface area contributed by atoms with Gasteiger partial charge in [-0.15, -0.1) is 0 Å². The molecule has 1 nitrogen and oxygen atoms in total. The first-order valence-corrected chi connectivity index (χ1v) is 4.50. The number of hydrogen-bond acceptors (Lipinski definition) is 1. The van der Waals surface area contributed by atoms with Gasteiger partial charge in [-0.1, -0.05) is 22.5 Å². The van der Waals surface area contributed by atoms with Crippen molar-refractivity contribution in [3.63, 3.8) is 0 Å². The van der Waals surface area contributed by atoms with E-state index in [0.29, 0.717) is 16.5 Å². The van der Waals surface area contributed by atoms with Crippen molar-refractivity contribution >= 4 is 21.5 Å². The first kappa shape index (κ1) is 9.26. The Morgan fingerprint density at radius 2 is 2.25 bits per heavy atom. The van der Waals surface area contributed by atoms with Crippen molar-refractivity contribution in [2.24, 2.45) is 0 Å². The zero-order chi connectivity index (χ0) is 9.14. The summed E-state index contributed by atoms with van der Waals surface area (Å²) in [5.41, 5.74) is 1.09. The van der Waals surface area contributed by atoms with Gasteiger partial charge in [0.15, 0.2) is 0 Å². The molecular weight excluding hydrogens is 223 g/mol.